The van der Waals surface area contributed by atoms with Crippen molar-refractivity contribution >= 4 is 23.7 Å². The van der Waals surface area contributed by atoms with Gasteiger partial charge in [-0.3, -0.25) is 14.7 Å². The van der Waals surface area contributed by atoms with Crippen molar-refractivity contribution in [3.8, 4) is 11.4 Å². The molecule has 0 aliphatic carbocycles. The molecule has 2 N–H and O–H groups in total. The topological polar surface area (TPSA) is 98.1 Å². The number of benzene rings is 1. The Bertz CT molecular complexity index is 703. The molecule has 3 amide bonds. The molecule has 0 aliphatic heterocycles. The van der Waals surface area contributed by atoms with Crippen molar-refractivity contribution in [3.63, 3.8) is 0 Å². The van der Waals surface area contributed by atoms with Crippen molar-refractivity contribution in [2.75, 3.05) is 14.2 Å². The fourth-order valence-corrected chi connectivity index (χ4v) is 2.62. The van der Waals surface area contributed by atoms with Crippen LogP contribution in [0.4, 0.5) is 4.79 Å². The zero-order valence-electron chi connectivity index (χ0n) is 12.9. The zero-order chi connectivity index (χ0) is 16.8. The number of aromatic nitrogens is 3. The van der Waals surface area contributed by atoms with Crippen LogP contribution in [0.5, 0.6) is 5.75 Å². The second-order valence-electron chi connectivity index (χ2n) is 4.48. The third-order valence-electron chi connectivity index (χ3n) is 2.98. The normalized spacial score (nSPS) is 11.6. The Morgan fingerprint density at radius 1 is 1.35 bits per heavy atom. The lowest BCUT2D eigenvalue weighted by molar-refractivity contribution is -0.119. The number of hydrogen-bond donors (Lipinski definition) is 2. The molecule has 0 saturated carbocycles. The Balaban J connectivity index is 2.18. The number of para-hydroxylation sites is 2. The van der Waals surface area contributed by atoms with Crippen molar-refractivity contribution in [1.82, 2.24) is 25.4 Å². The van der Waals surface area contributed by atoms with Crippen LogP contribution < -0.4 is 15.4 Å². The van der Waals surface area contributed by atoms with E-state index in [-0.39, 0.29) is 0 Å². The molecule has 0 radical (unpaired) electrons. The Morgan fingerprint density at radius 3 is 2.78 bits per heavy atom. The van der Waals surface area contributed by atoms with Crippen LogP contribution in [0.3, 0.4) is 0 Å². The van der Waals surface area contributed by atoms with E-state index in [4.69, 9.17) is 4.74 Å². The minimum absolute atomic E-state index is 0.413. The van der Waals surface area contributed by atoms with Crippen LogP contribution >= 0.6 is 11.8 Å². The first-order valence-corrected chi connectivity index (χ1v) is 7.67. The number of ether oxygens (including phenoxy) is 1. The van der Waals surface area contributed by atoms with Gasteiger partial charge in [-0.1, -0.05) is 23.9 Å². The highest BCUT2D eigenvalue weighted by Crippen LogP contribution is 2.28. The first kappa shape index (κ1) is 16.8. The molecular weight excluding hydrogens is 318 g/mol. The molecule has 1 unspecified atom stereocenters. The zero-order valence-corrected chi connectivity index (χ0v) is 13.8. The Kier molecular flexibility index (Phi) is 5.58. The predicted molar refractivity (Wildman–Crippen MR) is 85.8 cm³/mol. The SMILES string of the molecule is CNC(=O)NC(=O)C(C)Sc1nncn1-c1ccccc1OC. The number of carbonyl (C=O) groups excluding carboxylic acids is 2. The molecule has 0 spiro atoms. The summed E-state index contributed by atoms with van der Waals surface area (Å²) in [6, 6.07) is 6.87. The standard InChI is InChI=1S/C14H17N5O3S/c1-9(12(20)17-13(21)15-2)23-14-18-16-8-19(14)10-6-4-5-7-11(10)22-3/h4-9H,1-3H3,(H2,15,17,20,21). The van der Waals surface area contributed by atoms with Crippen LogP contribution in [0.2, 0.25) is 0 Å². The van der Waals surface area contributed by atoms with Crippen LogP contribution in [0.25, 0.3) is 5.69 Å². The number of thioether (sulfide) groups is 1. The van der Waals surface area contributed by atoms with E-state index in [1.54, 1.807) is 24.9 Å². The number of nitrogens with zero attached hydrogens (tertiary/aromatic N) is 3. The molecule has 0 aliphatic rings. The smallest absolute Gasteiger partial charge is 0.321 e. The van der Waals surface area contributed by atoms with Gasteiger partial charge in [0.1, 0.15) is 12.1 Å². The molecule has 1 aromatic carbocycles. The maximum absolute atomic E-state index is 11.9. The van der Waals surface area contributed by atoms with E-state index in [0.29, 0.717) is 10.9 Å². The van der Waals surface area contributed by atoms with Gasteiger partial charge in [0, 0.05) is 7.05 Å². The summed E-state index contributed by atoms with van der Waals surface area (Å²) >= 11 is 1.19. The molecule has 0 fully saturated rings. The molecule has 1 aromatic heterocycles. The van der Waals surface area contributed by atoms with Crippen LogP contribution in [0.15, 0.2) is 35.7 Å². The lowest BCUT2D eigenvalue weighted by Crippen LogP contribution is -2.41. The van der Waals surface area contributed by atoms with E-state index in [2.05, 4.69) is 20.8 Å². The van der Waals surface area contributed by atoms with E-state index in [0.717, 1.165) is 5.69 Å². The minimum Gasteiger partial charge on any atom is -0.495 e. The molecule has 0 bridgehead atoms. The maximum atomic E-state index is 11.9. The highest BCUT2D eigenvalue weighted by Gasteiger charge is 2.20. The fourth-order valence-electron chi connectivity index (χ4n) is 1.79. The van der Waals surface area contributed by atoms with Gasteiger partial charge in [0.05, 0.1) is 18.0 Å². The van der Waals surface area contributed by atoms with Gasteiger partial charge in [-0.2, -0.15) is 0 Å². The second-order valence-corrected chi connectivity index (χ2v) is 5.79. The minimum atomic E-state index is -0.548. The van der Waals surface area contributed by atoms with Crippen molar-refractivity contribution in [2.45, 2.75) is 17.3 Å². The Labute approximate surface area is 137 Å². The summed E-state index contributed by atoms with van der Waals surface area (Å²) in [5.41, 5.74) is 0.765. The Hall–Kier alpha value is -2.55. The van der Waals surface area contributed by atoms with E-state index in [1.807, 2.05) is 24.3 Å². The van der Waals surface area contributed by atoms with Crippen molar-refractivity contribution in [2.24, 2.45) is 0 Å². The highest BCUT2D eigenvalue weighted by atomic mass is 32.2. The number of nitrogens with one attached hydrogen (secondary N) is 2. The van der Waals surface area contributed by atoms with Crippen LogP contribution in [0.1, 0.15) is 6.92 Å². The average molecular weight is 335 g/mol. The molecule has 1 heterocycles. The molecule has 122 valence electrons. The third-order valence-corrected chi connectivity index (χ3v) is 4.03. The van der Waals surface area contributed by atoms with Gasteiger partial charge >= 0.3 is 6.03 Å². The first-order chi connectivity index (χ1) is 11.1. The van der Waals surface area contributed by atoms with Crippen LogP contribution in [0, 0.1) is 0 Å². The first-order valence-electron chi connectivity index (χ1n) is 6.79. The van der Waals surface area contributed by atoms with Gasteiger partial charge in [0.25, 0.3) is 0 Å². The lowest BCUT2D eigenvalue weighted by atomic mass is 10.3. The second kappa shape index (κ2) is 7.63. The fraction of sp³-hybridized carbons (Fsp3) is 0.286. The van der Waals surface area contributed by atoms with E-state index < -0.39 is 17.2 Å². The van der Waals surface area contributed by atoms with E-state index >= 15 is 0 Å². The van der Waals surface area contributed by atoms with Crippen LogP contribution in [-0.4, -0.2) is 46.1 Å². The van der Waals surface area contributed by atoms with Crippen molar-refractivity contribution < 1.29 is 14.3 Å². The van der Waals surface area contributed by atoms with Gasteiger partial charge < -0.3 is 10.1 Å². The van der Waals surface area contributed by atoms with Gasteiger partial charge in [0.15, 0.2) is 5.16 Å². The monoisotopic (exact) mass is 335 g/mol. The molecule has 9 heteroatoms. The number of rotatable bonds is 5. The highest BCUT2D eigenvalue weighted by molar-refractivity contribution is 8.00. The summed E-state index contributed by atoms with van der Waals surface area (Å²) in [6.07, 6.45) is 1.55. The van der Waals surface area contributed by atoms with Crippen molar-refractivity contribution in [1.29, 1.82) is 0 Å². The van der Waals surface area contributed by atoms with Gasteiger partial charge in [-0.05, 0) is 19.1 Å². The molecule has 23 heavy (non-hydrogen) atoms. The van der Waals surface area contributed by atoms with E-state index in [1.165, 1.54) is 18.8 Å². The van der Waals surface area contributed by atoms with Crippen LogP contribution in [-0.2, 0) is 4.79 Å². The molecule has 8 nitrogen and oxygen atoms in total. The number of amides is 3. The molecule has 2 aromatic rings. The predicted octanol–water partition coefficient (Wildman–Crippen LogP) is 1.21. The molecular formula is C14H17N5O3S. The number of imide groups is 1. The lowest BCUT2D eigenvalue weighted by Gasteiger charge is -2.13. The average Bonchev–Trinajstić information content (AvgIpc) is 3.02. The molecule has 0 saturated heterocycles. The quantitative estimate of drug-likeness (QED) is 0.797. The van der Waals surface area contributed by atoms with Crippen molar-refractivity contribution in [3.05, 3.63) is 30.6 Å². The maximum Gasteiger partial charge on any atom is 0.321 e. The van der Waals surface area contributed by atoms with Gasteiger partial charge in [-0.25, -0.2) is 4.79 Å². The Morgan fingerprint density at radius 2 is 2.09 bits per heavy atom. The van der Waals surface area contributed by atoms with Gasteiger partial charge in [0.2, 0.25) is 5.91 Å². The summed E-state index contributed by atoms with van der Waals surface area (Å²) in [6.45, 7) is 1.68. The molecule has 1 atom stereocenters. The number of methoxy groups -OCH3 is 1. The number of hydrogen-bond acceptors (Lipinski definition) is 6. The number of carbonyl (C=O) groups is 2. The third kappa shape index (κ3) is 4.01. The summed E-state index contributed by atoms with van der Waals surface area (Å²) in [7, 11) is 3.02. The summed E-state index contributed by atoms with van der Waals surface area (Å²) in [5.74, 6) is 0.251. The number of urea groups is 1. The summed E-state index contributed by atoms with van der Waals surface area (Å²) in [5, 5.41) is 12.5. The summed E-state index contributed by atoms with van der Waals surface area (Å²) in [4.78, 5) is 23.1. The summed E-state index contributed by atoms with van der Waals surface area (Å²) < 4.78 is 7.06. The van der Waals surface area contributed by atoms with E-state index in [9.17, 15) is 9.59 Å². The molecule has 2 rings (SSSR count). The largest absolute Gasteiger partial charge is 0.495 e. The van der Waals surface area contributed by atoms with Gasteiger partial charge in [-0.15, -0.1) is 10.2 Å².